The van der Waals surface area contributed by atoms with Gasteiger partial charge in [0.05, 0.1) is 22.5 Å². The van der Waals surface area contributed by atoms with Gasteiger partial charge in [-0.2, -0.15) is 5.26 Å². The molecule has 3 N–H and O–H groups in total. The lowest BCUT2D eigenvalue weighted by molar-refractivity contribution is -0.113. The Kier molecular flexibility index (Phi) is 7.67. The number of carbonyl (C=O) groups is 1. The normalized spacial score (nSPS) is 16.4. The maximum Gasteiger partial charge on any atom is 0.241 e. The third kappa shape index (κ3) is 5.98. The zero-order valence-electron chi connectivity index (χ0n) is 22.1. The number of amides is 1. The first-order valence-electron chi connectivity index (χ1n) is 13.2. The van der Waals surface area contributed by atoms with E-state index in [-0.39, 0.29) is 6.10 Å². The van der Waals surface area contributed by atoms with Gasteiger partial charge in [0.1, 0.15) is 17.9 Å². The zero-order valence-corrected chi connectivity index (χ0v) is 22.1. The molecule has 3 aromatic rings. The van der Waals surface area contributed by atoms with E-state index < -0.39 is 5.91 Å². The van der Waals surface area contributed by atoms with E-state index >= 15 is 0 Å². The van der Waals surface area contributed by atoms with Gasteiger partial charge in [0.25, 0.3) is 0 Å². The van der Waals surface area contributed by atoms with Crippen molar-refractivity contribution in [2.45, 2.75) is 31.8 Å². The van der Waals surface area contributed by atoms with Gasteiger partial charge < -0.3 is 25.6 Å². The summed E-state index contributed by atoms with van der Waals surface area (Å²) in [6.45, 7) is 3.44. The van der Waals surface area contributed by atoms with Gasteiger partial charge in [-0.15, -0.1) is 6.42 Å². The molecule has 2 saturated heterocycles. The second-order valence-electron chi connectivity index (χ2n) is 10.2. The molecule has 2 aliphatic heterocycles. The molecule has 198 valence electrons. The molecule has 0 unspecified atom stereocenters. The molecule has 1 aromatic heterocycles. The average molecular weight is 521 g/mol. The van der Waals surface area contributed by atoms with Crippen molar-refractivity contribution in [3.63, 3.8) is 0 Å². The lowest BCUT2D eigenvalue weighted by Gasteiger charge is -2.34. The highest BCUT2D eigenvalue weighted by Crippen LogP contribution is 2.40. The number of piperidine rings is 2. The number of fused-ring (bicyclic) bond motifs is 1. The van der Waals surface area contributed by atoms with Gasteiger partial charge >= 0.3 is 0 Å². The number of pyridine rings is 1. The fourth-order valence-electron chi connectivity index (χ4n) is 5.26. The fraction of sp³-hybridized carbons (Fsp3) is 0.323. The molecular formula is C31H32N6O2. The zero-order chi connectivity index (χ0) is 27.4. The summed E-state index contributed by atoms with van der Waals surface area (Å²) in [5.74, 6) is 3.04. The van der Waals surface area contributed by atoms with Crippen LogP contribution in [-0.4, -0.2) is 55.1 Å². The quantitative estimate of drug-likeness (QED) is 0.368. The van der Waals surface area contributed by atoms with E-state index in [1.807, 2.05) is 30.3 Å². The van der Waals surface area contributed by atoms with Crippen LogP contribution >= 0.6 is 0 Å². The molecule has 39 heavy (non-hydrogen) atoms. The number of nitrogens with two attached hydrogens (primary N) is 1. The van der Waals surface area contributed by atoms with Crippen molar-refractivity contribution in [3.05, 3.63) is 65.4 Å². The minimum Gasteiger partial charge on any atom is -0.488 e. The summed E-state index contributed by atoms with van der Waals surface area (Å²) in [6.07, 6.45) is 12.3. The van der Waals surface area contributed by atoms with Gasteiger partial charge in [-0.3, -0.25) is 9.78 Å². The number of anilines is 3. The molecule has 8 nitrogen and oxygen atoms in total. The molecule has 0 saturated carbocycles. The SMILES string of the molecule is C#Cc1cccc(Nc2c(C#N)cnc3cc(OC4CCN(C)CC4)c(N4CCC(=CC(N)=O)CC4)cc23)c1. The number of nitrogens with zero attached hydrogens (tertiary/aromatic N) is 4. The van der Waals surface area contributed by atoms with E-state index in [0.717, 1.165) is 91.0 Å². The maximum absolute atomic E-state index is 11.4. The Morgan fingerprint density at radius 2 is 1.97 bits per heavy atom. The summed E-state index contributed by atoms with van der Waals surface area (Å²) in [5.41, 5.74) is 10.8. The fourth-order valence-corrected chi connectivity index (χ4v) is 5.26. The van der Waals surface area contributed by atoms with Crippen LogP contribution in [0.2, 0.25) is 0 Å². The number of likely N-dealkylation sites (tertiary alicyclic amines) is 1. The van der Waals surface area contributed by atoms with Crippen molar-refractivity contribution >= 4 is 33.9 Å². The molecule has 2 aliphatic rings. The van der Waals surface area contributed by atoms with E-state index in [2.05, 4.69) is 45.2 Å². The van der Waals surface area contributed by atoms with Crippen molar-refractivity contribution in [1.82, 2.24) is 9.88 Å². The lowest BCUT2D eigenvalue weighted by atomic mass is 10.0. The Morgan fingerprint density at radius 3 is 2.67 bits per heavy atom. The third-order valence-electron chi connectivity index (χ3n) is 7.42. The molecular weight excluding hydrogens is 488 g/mol. The lowest BCUT2D eigenvalue weighted by Crippen LogP contribution is -2.36. The largest absolute Gasteiger partial charge is 0.488 e. The Balaban J connectivity index is 1.57. The first-order chi connectivity index (χ1) is 18.9. The number of aromatic nitrogens is 1. The van der Waals surface area contributed by atoms with Crippen LogP contribution in [-0.2, 0) is 4.79 Å². The van der Waals surface area contributed by atoms with Crippen molar-refractivity contribution in [1.29, 1.82) is 5.26 Å². The van der Waals surface area contributed by atoms with Gasteiger partial charge in [-0.05, 0) is 57.0 Å². The number of benzene rings is 2. The summed E-state index contributed by atoms with van der Waals surface area (Å²) < 4.78 is 6.63. The number of terminal acetylenes is 1. The highest BCUT2D eigenvalue weighted by molar-refractivity contribution is 5.99. The minimum absolute atomic E-state index is 0.120. The molecule has 0 spiro atoms. The summed E-state index contributed by atoms with van der Waals surface area (Å²) >= 11 is 0. The van der Waals surface area contributed by atoms with Gasteiger partial charge in [0.15, 0.2) is 0 Å². The van der Waals surface area contributed by atoms with Crippen LogP contribution in [0.5, 0.6) is 5.75 Å². The van der Waals surface area contributed by atoms with Crippen molar-refractivity contribution < 1.29 is 9.53 Å². The Labute approximate surface area is 229 Å². The molecule has 0 radical (unpaired) electrons. The van der Waals surface area contributed by atoms with Gasteiger partial charge in [0.2, 0.25) is 5.91 Å². The van der Waals surface area contributed by atoms with Crippen LogP contribution in [0.15, 0.2) is 54.2 Å². The maximum atomic E-state index is 11.4. The molecule has 0 aliphatic carbocycles. The monoisotopic (exact) mass is 520 g/mol. The number of hydrogen-bond acceptors (Lipinski definition) is 7. The van der Waals surface area contributed by atoms with Crippen LogP contribution in [0.1, 0.15) is 36.8 Å². The third-order valence-corrected chi connectivity index (χ3v) is 7.42. The number of hydrogen-bond donors (Lipinski definition) is 2. The first kappa shape index (κ1) is 26.1. The van der Waals surface area contributed by atoms with E-state index in [1.165, 1.54) is 0 Å². The van der Waals surface area contributed by atoms with Crippen LogP contribution in [0.4, 0.5) is 17.1 Å². The van der Waals surface area contributed by atoms with E-state index in [4.69, 9.17) is 16.9 Å². The van der Waals surface area contributed by atoms with Crippen LogP contribution in [0, 0.1) is 23.7 Å². The second-order valence-corrected chi connectivity index (χ2v) is 10.2. The summed E-state index contributed by atoms with van der Waals surface area (Å²) in [7, 11) is 2.13. The average Bonchev–Trinajstić information content (AvgIpc) is 2.94. The molecule has 2 fully saturated rings. The standard InChI is InChI=1S/C31H32N6O2/c1-3-21-5-4-6-24(15-21)35-31-23(19-32)20-34-27-18-29(39-25-9-11-36(2)12-10-25)28(17-26(27)31)37-13-7-22(8-14-37)16-30(33)38/h1,4-6,15-18,20,25H,7-14H2,2H3,(H2,33,38)(H,34,35). The number of carbonyl (C=O) groups excluding carboxylic acids is 1. The Bertz CT molecular complexity index is 1500. The van der Waals surface area contributed by atoms with E-state index in [9.17, 15) is 10.1 Å². The highest BCUT2D eigenvalue weighted by atomic mass is 16.5. The predicted molar refractivity (Wildman–Crippen MR) is 154 cm³/mol. The van der Waals surface area contributed by atoms with Gasteiger partial charge in [0, 0.05) is 61.2 Å². The Hall–Kier alpha value is -4.53. The van der Waals surface area contributed by atoms with Gasteiger partial charge in [-0.1, -0.05) is 17.6 Å². The number of rotatable bonds is 6. The van der Waals surface area contributed by atoms with E-state index in [0.29, 0.717) is 11.3 Å². The van der Waals surface area contributed by atoms with Crippen molar-refractivity contribution in [3.8, 4) is 24.2 Å². The summed E-state index contributed by atoms with van der Waals surface area (Å²) in [5, 5.41) is 14.2. The second kappa shape index (κ2) is 11.5. The number of ether oxygens (including phenoxy) is 1. The first-order valence-corrected chi connectivity index (χ1v) is 13.2. The van der Waals surface area contributed by atoms with Crippen LogP contribution in [0.3, 0.4) is 0 Å². The van der Waals surface area contributed by atoms with Crippen molar-refractivity contribution in [2.75, 3.05) is 43.4 Å². The smallest absolute Gasteiger partial charge is 0.241 e. The minimum atomic E-state index is -0.407. The van der Waals surface area contributed by atoms with Gasteiger partial charge in [-0.25, -0.2) is 0 Å². The highest BCUT2D eigenvalue weighted by Gasteiger charge is 2.24. The van der Waals surface area contributed by atoms with E-state index in [1.54, 1.807) is 12.3 Å². The Morgan fingerprint density at radius 1 is 1.21 bits per heavy atom. The number of nitriles is 1. The van der Waals surface area contributed by atoms with Crippen molar-refractivity contribution in [2.24, 2.45) is 5.73 Å². The molecule has 1 amide bonds. The molecule has 0 atom stereocenters. The molecule has 0 bridgehead atoms. The number of nitrogens with one attached hydrogen (secondary N) is 1. The molecule has 8 heteroatoms. The predicted octanol–water partition coefficient (Wildman–Crippen LogP) is 4.32. The summed E-state index contributed by atoms with van der Waals surface area (Å²) in [6, 6.07) is 13.9. The molecule has 2 aromatic carbocycles. The van der Waals surface area contributed by atoms with Crippen LogP contribution in [0.25, 0.3) is 10.9 Å². The topological polar surface area (TPSA) is 108 Å². The summed E-state index contributed by atoms with van der Waals surface area (Å²) in [4.78, 5) is 20.6. The molecule has 3 heterocycles. The van der Waals surface area contributed by atoms with Crippen LogP contribution < -0.4 is 20.7 Å². The number of primary amides is 1. The molecule has 5 rings (SSSR count).